The third kappa shape index (κ3) is 3.71. The van der Waals surface area contributed by atoms with Crippen LogP contribution in [0.3, 0.4) is 0 Å². The molecule has 3 aromatic rings. The highest BCUT2D eigenvalue weighted by Crippen LogP contribution is 2.40. The van der Waals surface area contributed by atoms with Gasteiger partial charge in [-0.05, 0) is 17.8 Å². The number of hydrogen-bond acceptors (Lipinski definition) is 10. The molecular formula is C17H17N7O5S2. The number of nitrogen functional groups attached to an aromatic ring is 1. The quantitative estimate of drug-likeness (QED) is 0.251. The molecule has 14 heteroatoms. The summed E-state index contributed by atoms with van der Waals surface area (Å²) in [4.78, 5) is 28.0. The molecule has 0 unspecified atom stereocenters. The van der Waals surface area contributed by atoms with Crippen molar-refractivity contribution in [3.05, 3.63) is 57.4 Å². The Kier molecular flexibility index (Phi) is 5.12. The fourth-order valence-corrected chi connectivity index (χ4v) is 5.00. The maximum absolute atomic E-state index is 13.0. The van der Waals surface area contributed by atoms with E-state index < -0.39 is 26.2 Å². The van der Waals surface area contributed by atoms with Crippen LogP contribution in [0.5, 0.6) is 5.75 Å². The molecule has 2 aromatic carbocycles. The zero-order valence-corrected chi connectivity index (χ0v) is 17.6. The van der Waals surface area contributed by atoms with Crippen molar-refractivity contribution in [2.24, 2.45) is 12.0 Å². The molecule has 0 bridgehead atoms. The molecule has 0 saturated heterocycles. The van der Waals surface area contributed by atoms with E-state index in [-0.39, 0.29) is 11.4 Å². The number of benzene rings is 2. The van der Waals surface area contributed by atoms with E-state index in [9.17, 15) is 23.1 Å². The number of thioether (sulfide) groups is 1. The van der Waals surface area contributed by atoms with E-state index in [2.05, 4.69) is 20.6 Å². The molecule has 1 aliphatic rings. The molecule has 31 heavy (non-hydrogen) atoms. The van der Waals surface area contributed by atoms with Gasteiger partial charge in [0.05, 0.1) is 16.8 Å². The average molecular weight is 464 g/mol. The van der Waals surface area contributed by atoms with Crippen LogP contribution < -0.4 is 32.7 Å². The van der Waals surface area contributed by atoms with Crippen LogP contribution >= 0.6 is 11.8 Å². The maximum atomic E-state index is 13.0. The first-order valence-corrected chi connectivity index (χ1v) is 11.1. The number of aliphatic imine (C=N–C) groups is 1. The third-order valence-corrected chi connectivity index (χ3v) is 6.80. The number of rotatable bonds is 4. The lowest BCUT2D eigenvalue weighted by Gasteiger charge is -2.15. The van der Waals surface area contributed by atoms with Gasteiger partial charge in [-0.2, -0.15) is 0 Å². The standard InChI is InChI=1S/C17H17N7O5S2/c1-23-15(26)13(7-24(18)17(23)27)31(28,29)22-11-6-12(30-16-19-8-20-21-16)14(25)10-5-3-2-4-9(10)11/h2-7,20,22,25H,8,18H2,1H3,(H,19,21). The number of hydrazine groups is 1. The van der Waals surface area contributed by atoms with Gasteiger partial charge < -0.3 is 10.9 Å². The van der Waals surface area contributed by atoms with E-state index in [1.54, 1.807) is 24.3 Å². The van der Waals surface area contributed by atoms with Gasteiger partial charge in [-0.15, -0.1) is 0 Å². The van der Waals surface area contributed by atoms with Gasteiger partial charge in [0.15, 0.2) is 10.1 Å². The molecule has 1 aromatic heterocycles. The Morgan fingerprint density at radius 1 is 1.26 bits per heavy atom. The zero-order valence-electron chi connectivity index (χ0n) is 16.0. The number of fused-ring (bicyclic) bond motifs is 1. The molecule has 0 aliphatic carbocycles. The number of nitrogens with one attached hydrogen (secondary N) is 3. The Bertz CT molecular complexity index is 1460. The summed E-state index contributed by atoms with van der Waals surface area (Å²) in [7, 11) is -3.30. The number of aromatic hydroxyl groups is 1. The SMILES string of the molecule is Cn1c(=O)c(S(=O)(=O)Nc2cc(SC3=NCNN3)c(O)c3ccccc23)cn(N)c1=O. The second-order valence-corrected chi connectivity index (χ2v) is 9.18. The summed E-state index contributed by atoms with van der Waals surface area (Å²) >= 11 is 1.10. The van der Waals surface area contributed by atoms with Crippen LogP contribution in [0, 0.1) is 0 Å². The zero-order chi connectivity index (χ0) is 22.3. The van der Waals surface area contributed by atoms with Crippen molar-refractivity contribution in [3.63, 3.8) is 0 Å². The van der Waals surface area contributed by atoms with E-state index >= 15 is 0 Å². The highest BCUT2D eigenvalue weighted by molar-refractivity contribution is 8.14. The lowest BCUT2D eigenvalue weighted by Crippen LogP contribution is -2.43. The Morgan fingerprint density at radius 3 is 2.65 bits per heavy atom. The van der Waals surface area contributed by atoms with Gasteiger partial charge in [-0.25, -0.2) is 28.3 Å². The summed E-state index contributed by atoms with van der Waals surface area (Å²) < 4.78 is 29.5. The summed E-state index contributed by atoms with van der Waals surface area (Å²) in [5.74, 6) is 5.45. The average Bonchev–Trinajstić information content (AvgIpc) is 3.25. The summed E-state index contributed by atoms with van der Waals surface area (Å²) in [6.45, 7) is 0.355. The van der Waals surface area contributed by atoms with Gasteiger partial charge >= 0.3 is 5.69 Å². The second kappa shape index (κ2) is 7.64. The molecule has 0 spiro atoms. The van der Waals surface area contributed by atoms with Crippen LogP contribution in [0.25, 0.3) is 10.8 Å². The number of nitrogens with zero attached hydrogens (tertiary/aromatic N) is 3. The first-order chi connectivity index (χ1) is 14.7. The van der Waals surface area contributed by atoms with Gasteiger partial charge in [0, 0.05) is 17.8 Å². The number of anilines is 1. The van der Waals surface area contributed by atoms with Crippen LogP contribution in [-0.4, -0.2) is 34.6 Å². The lowest BCUT2D eigenvalue weighted by molar-refractivity contribution is 0.469. The van der Waals surface area contributed by atoms with Gasteiger partial charge in [-0.1, -0.05) is 24.3 Å². The molecule has 6 N–H and O–H groups in total. The topological polar surface area (TPSA) is 173 Å². The van der Waals surface area contributed by atoms with Crippen LogP contribution in [0.1, 0.15) is 0 Å². The van der Waals surface area contributed by atoms with E-state index in [0.29, 0.717) is 36.7 Å². The molecular weight excluding hydrogens is 446 g/mol. The number of hydrogen-bond donors (Lipinski definition) is 5. The summed E-state index contributed by atoms with van der Waals surface area (Å²) in [6, 6.07) is 8.06. The fraction of sp³-hybridized carbons (Fsp3) is 0.118. The van der Waals surface area contributed by atoms with Crippen LogP contribution in [0.2, 0.25) is 0 Å². The number of amidine groups is 1. The van der Waals surface area contributed by atoms with Crippen molar-refractivity contribution >= 4 is 43.4 Å². The van der Waals surface area contributed by atoms with E-state index in [1.807, 2.05) is 0 Å². The molecule has 4 rings (SSSR count). The lowest BCUT2D eigenvalue weighted by atomic mass is 10.1. The van der Waals surface area contributed by atoms with Crippen molar-refractivity contribution < 1.29 is 13.5 Å². The normalized spacial score (nSPS) is 13.8. The first-order valence-electron chi connectivity index (χ1n) is 8.75. The molecule has 0 saturated carbocycles. The number of phenols is 1. The van der Waals surface area contributed by atoms with Gasteiger partial charge in [-0.3, -0.25) is 19.5 Å². The van der Waals surface area contributed by atoms with E-state index in [0.717, 1.165) is 25.0 Å². The molecule has 1 aliphatic heterocycles. The molecule has 0 amide bonds. The van der Waals surface area contributed by atoms with E-state index in [1.165, 1.54) is 6.07 Å². The summed E-state index contributed by atoms with van der Waals surface area (Å²) in [5, 5.41) is 12.0. The summed E-state index contributed by atoms with van der Waals surface area (Å²) in [5.41, 5.74) is 3.86. The molecule has 2 heterocycles. The number of aromatic nitrogens is 2. The Balaban J connectivity index is 1.85. The highest BCUT2D eigenvalue weighted by Gasteiger charge is 2.24. The van der Waals surface area contributed by atoms with E-state index in [4.69, 9.17) is 5.84 Å². The van der Waals surface area contributed by atoms with Crippen LogP contribution in [-0.2, 0) is 17.1 Å². The minimum Gasteiger partial charge on any atom is -0.506 e. The largest absolute Gasteiger partial charge is 0.506 e. The third-order valence-electron chi connectivity index (χ3n) is 4.50. The number of phenolic OH excluding ortho intramolecular Hbond substituents is 1. The predicted octanol–water partition coefficient (Wildman–Crippen LogP) is -0.566. The Morgan fingerprint density at radius 2 is 1.97 bits per heavy atom. The van der Waals surface area contributed by atoms with Crippen molar-refractivity contribution in [1.82, 2.24) is 20.1 Å². The molecule has 162 valence electrons. The first kappa shape index (κ1) is 20.8. The monoisotopic (exact) mass is 463 g/mol. The van der Waals surface area contributed by atoms with Crippen molar-refractivity contribution in [1.29, 1.82) is 0 Å². The number of sulfonamides is 1. The van der Waals surface area contributed by atoms with Gasteiger partial charge in [0.25, 0.3) is 15.6 Å². The van der Waals surface area contributed by atoms with Crippen molar-refractivity contribution in [2.75, 3.05) is 17.2 Å². The minimum atomic E-state index is -4.43. The van der Waals surface area contributed by atoms with Crippen molar-refractivity contribution in [3.8, 4) is 5.75 Å². The molecule has 0 atom stereocenters. The predicted molar refractivity (Wildman–Crippen MR) is 117 cm³/mol. The van der Waals surface area contributed by atoms with Crippen LogP contribution in [0.4, 0.5) is 5.69 Å². The van der Waals surface area contributed by atoms with Gasteiger partial charge in [0.1, 0.15) is 12.4 Å². The molecule has 12 nitrogen and oxygen atoms in total. The minimum absolute atomic E-state index is 0.0497. The number of nitrogens with two attached hydrogens (primary N) is 1. The fourth-order valence-electron chi connectivity index (χ4n) is 2.97. The Hall–Kier alpha value is -3.49. The van der Waals surface area contributed by atoms with Crippen molar-refractivity contribution in [2.45, 2.75) is 9.79 Å². The molecule has 0 fully saturated rings. The van der Waals surface area contributed by atoms with Crippen LogP contribution in [0.15, 0.2) is 60.9 Å². The second-order valence-electron chi connectivity index (χ2n) is 6.49. The van der Waals surface area contributed by atoms with Gasteiger partial charge in [0.2, 0.25) is 0 Å². The Labute approximate surface area is 179 Å². The summed E-state index contributed by atoms with van der Waals surface area (Å²) in [6.07, 6.45) is 0.758. The molecule has 0 radical (unpaired) electrons. The smallest absolute Gasteiger partial charge is 0.349 e. The highest BCUT2D eigenvalue weighted by atomic mass is 32.2. The maximum Gasteiger partial charge on any atom is 0.349 e.